The lowest BCUT2D eigenvalue weighted by molar-refractivity contribution is 0.0480. The van der Waals surface area contributed by atoms with E-state index in [1.807, 2.05) is 6.08 Å². The summed E-state index contributed by atoms with van der Waals surface area (Å²) in [5.74, 6) is 0.631. The molecule has 1 aliphatic rings. The number of alkyl halides is 1. The van der Waals surface area contributed by atoms with Crippen molar-refractivity contribution in [1.29, 1.82) is 0 Å². The molecule has 1 N–H and O–H groups in total. The summed E-state index contributed by atoms with van der Waals surface area (Å²) in [5.41, 5.74) is 1.57. The van der Waals surface area contributed by atoms with Gasteiger partial charge in [-0.25, -0.2) is 0 Å². The molecule has 1 rings (SSSR count). The molecule has 0 amide bonds. The molecule has 4 heteroatoms. The Morgan fingerprint density at radius 1 is 1.38 bits per heavy atom. The molecule has 0 aromatic heterocycles. The van der Waals surface area contributed by atoms with Crippen molar-refractivity contribution in [2.45, 2.75) is 18.4 Å². The SMILES string of the molecule is Cl/C=C/CNC1(CCl)CCOCC1. The largest absolute Gasteiger partial charge is 0.381 e. The van der Waals surface area contributed by atoms with Gasteiger partial charge in [0.05, 0.1) is 0 Å². The fourth-order valence-electron chi connectivity index (χ4n) is 1.44. The van der Waals surface area contributed by atoms with Crippen LogP contribution in [-0.2, 0) is 4.74 Å². The number of hydrogen-bond donors (Lipinski definition) is 1. The maximum atomic E-state index is 5.94. The zero-order valence-electron chi connectivity index (χ0n) is 7.56. The van der Waals surface area contributed by atoms with Gasteiger partial charge in [-0.3, -0.25) is 0 Å². The molecular formula is C9H15Cl2NO. The Labute approximate surface area is 89.2 Å². The number of rotatable bonds is 4. The van der Waals surface area contributed by atoms with E-state index in [0.717, 1.165) is 32.6 Å². The van der Waals surface area contributed by atoms with Crippen LogP contribution in [0.4, 0.5) is 0 Å². The highest BCUT2D eigenvalue weighted by Gasteiger charge is 2.30. The van der Waals surface area contributed by atoms with Gasteiger partial charge in [0.25, 0.3) is 0 Å². The molecule has 2 nitrogen and oxygen atoms in total. The van der Waals surface area contributed by atoms with Gasteiger partial charge in [0.2, 0.25) is 0 Å². The van der Waals surface area contributed by atoms with Crippen molar-refractivity contribution in [3.63, 3.8) is 0 Å². The van der Waals surface area contributed by atoms with Gasteiger partial charge in [-0.15, -0.1) is 11.6 Å². The Bertz CT molecular complexity index is 167. The predicted molar refractivity (Wildman–Crippen MR) is 56.5 cm³/mol. The molecule has 1 fully saturated rings. The second kappa shape index (κ2) is 5.86. The van der Waals surface area contributed by atoms with Gasteiger partial charge in [0.15, 0.2) is 0 Å². The molecule has 0 aromatic carbocycles. The molecule has 0 unspecified atom stereocenters. The van der Waals surface area contributed by atoms with E-state index in [2.05, 4.69) is 5.32 Å². The van der Waals surface area contributed by atoms with E-state index in [-0.39, 0.29) is 5.54 Å². The average molecular weight is 224 g/mol. The summed E-state index contributed by atoms with van der Waals surface area (Å²) >= 11 is 11.4. The molecule has 0 saturated carbocycles. The van der Waals surface area contributed by atoms with Crippen LogP contribution in [0.2, 0.25) is 0 Å². The third kappa shape index (κ3) is 3.47. The first-order valence-electron chi connectivity index (χ1n) is 4.47. The van der Waals surface area contributed by atoms with Crippen molar-refractivity contribution >= 4 is 23.2 Å². The third-order valence-electron chi connectivity index (χ3n) is 2.39. The number of ether oxygens (including phenoxy) is 1. The molecule has 0 atom stereocenters. The van der Waals surface area contributed by atoms with Crippen LogP contribution in [0, 0.1) is 0 Å². The van der Waals surface area contributed by atoms with Gasteiger partial charge < -0.3 is 10.1 Å². The van der Waals surface area contributed by atoms with Gasteiger partial charge in [-0.05, 0) is 12.8 Å². The Kier molecular flexibility index (Phi) is 5.10. The Hall–Kier alpha value is 0.240. The highest BCUT2D eigenvalue weighted by molar-refractivity contribution is 6.25. The van der Waals surface area contributed by atoms with Crippen LogP contribution < -0.4 is 5.32 Å². The summed E-state index contributed by atoms with van der Waals surface area (Å²) in [6.45, 7) is 2.37. The topological polar surface area (TPSA) is 21.3 Å². The molecule has 13 heavy (non-hydrogen) atoms. The maximum Gasteiger partial charge on any atom is 0.0484 e. The first-order chi connectivity index (χ1) is 6.33. The maximum absolute atomic E-state index is 5.94. The first kappa shape index (κ1) is 11.3. The summed E-state index contributed by atoms with van der Waals surface area (Å²) in [6.07, 6.45) is 3.84. The minimum atomic E-state index is 0.0518. The Morgan fingerprint density at radius 3 is 2.62 bits per heavy atom. The van der Waals surface area contributed by atoms with Gasteiger partial charge >= 0.3 is 0 Å². The van der Waals surface area contributed by atoms with E-state index < -0.39 is 0 Å². The standard InChI is InChI=1S/C9H15Cl2NO/c10-4-1-5-12-9(8-11)2-6-13-7-3-9/h1,4,12H,2-3,5-8H2/b4-1+. The highest BCUT2D eigenvalue weighted by atomic mass is 35.5. The summed E-state index contributed by atoms with van der Waals surface area (Å²) in [7, 11) is 0. The number of halogens is 2. The van der Waals surface area contributed by atoms with E-state index in [0.29, 0.717) is 5.88 Å². The van der Waals surface area contributed by atoms with E-state index in [4.69, 9.17) is 27.9 Å². The smallest absolute Gasteiger partial charge is 0.0484 e. The summed E-state index contributed by atoms with van der Waals surface area (Å²) < 4.78 is 5.29. The number of hydrogen-bond acceptors (Lipinski definition) is 2. The summed E-state index contributed by atoms with van der Waals surface area (Å²) in [4.78, 5) is 0. The van der Waals surface area contributed by atoms with Crippen molar-refractivity contribution in [2.24, 2.45) is 0 Å². The van der Waals surface area contributed by atoms with Crippen molar-refractivity contribution in [1.82, 2.24) is 5.32 Å². The fourth-order valence-corrected chi connectivity index (χ4v) is 1.89. The van der Waals surface area contributed by atoms with E-state index in [1.54, 1.807) is 0 Å². The Morgan fingerprint density at radius 2 is 2.08 bits per heavy atom. The van der Waals surface area contributed by atoms with Crippen molar-refractivity contribution < 1.29 is 4.74 Å². The lowest BCUT2D eigenvalue weighted by Crippen LogP contribution is -2.51. The van der Waals surface area contributed by atoms with Crippen LogP contribution in [0.3, 0.4) is 0 Å². The normalized spacial score (nSPS) is 22.3. The minimum absolute atomic E-state index is 0.0518. The second-order valence-corrected chi connectivity index (χ2v) is 3.79. The van der Waals surface area contributed by atoms with Crippen LogP contribution in [-0.4, -0.2) is 31.2 Å². The van der Waals surface area contributed by atoms with Gasteiger partial charge in [0, 0.05) is 36.7 Å². The molecule has 76 valence electrons. The quantitative estimate of drug-likeness (QED) is 0.738. The molecule has 1 aliphatic heterocycles. The van der Waals surface area contributed by atoms with E-state index >= 15 is 0 Å². The molecular weight excluding hydrogens is 209 g/mol. The number of nitrogens with one attached hydrogen (secondary N) is 1. The van der Waals surface area contributed by atoms with Gasteiger partial charge in [0.1, 0.15) is 0 Å². The van der Waals surface area contributed by atoms with Crippen LogP contribution >= 0.6 is 23.2 Å². The lowest BCUT2D eigenvalue weighted by atomic mass is 9.92. The zero-order valence-corrected chi connectivity index (χ0v) is 9.07. The van der Waals surface area contributed by atoms with Crippen molar-refractivity contribution in [3.8, 4) is 0 Å². The molecule has 1 heterocycles. The summed E-state index contributed by atoms with van der Waals surface area (Å²) in [6, 6.07) is 0. The Balaban J connectivity index is 2.38. The van der Waals surface area contributed by atoms with Crippen LogP contribution in [0.5, 0.6) is 0 Å². The molecule has 0 radical (unpaired) electrons. The second-order valence-electron chi connectivity index (χ2n) is 3.27. The zero-order chi connectivity index (χ0) is 9.57. The first-order valence-corrected chi connectivity index (χ1v) is 5.44. The monoisotopic (exact) mass is 223 g/mol. The van der Waals surface area contributed by atoms with Crippen LogP contribution in [0.1, 0.15) is 12.8 Å². The van der Waals surface area contributed by atoms with Crippen molar-refractivity contribution in [3.05, 3.63) is 11.6 Å². The summed E-state index contributed by atoms with van der Waals surface area (Å²) in [5, 5.41) is 3.40. The highest BCUT2D eigenvalue weighted by Crippen LogP contribution is 2.21. The molecule has 0 aliphatic carbocycles. The molecule has 1 saturated heterocycles. The molecule has 0 bridgehead atoms. The lowest BCUT2D eigenvalue weighted by Gasteiger charge is -2.36. The van der Waals surface area contributed by atoms with Gasteiger partial charge in [-0.2, -0.15) is 0 Å². The fraction of sp³-hybridized carbons (Fsp3) is 0.778. The van der Waals surface area contributed by atoms with Crippen LogP contribution in [0.15, 0.2) is 11.6 Å². The predicted octanol–water partition coefficient (Wildman–Crippen LogP) is 2.12. The van der Waals surface area contributed by atoms with Crippen LogP contribution in [0.25, 0.3) is 0 Å². The van der Waals surface area contributed by atoms with Gasteiger partial charge in [-0.1, -0.05) is 17.7 Å². The molecule has 0 aromatic rings. The third-order valence-corrected chi connectivity index (χ3v) is 3.08. The van der Waals surface area contributed by atoms with Crippen molar-refractivity contribution in [2.75, 3.05) is 25.6 Å². The van der Waals surface area contributed by atoms with E-state index in [1.165, 1.54) is 5.54 Å². The van der Waals surface area contributed by atoms with E-state index in [9.17, 15) is 0 Å². The average Bonchev–Trinajstić information content (AvgIpc) is 2.20. The molecule has 0 spiro atoms. The minimum Gasteiger partial charge on any atom is -0.381 e.